The number of aryl methyl sites for hydroxylation is 1. The van der Waals surface area contributed by atoms with Crippen molar-refractivity contribution in [1.82, 2.24) is 10.4 Å². The summed E-state index contributed by atoms with van der Waals surface area (Å²) in [5, 5.41) is 3.57. The Labute approximate surface area is 75.7 Å². The van der Waals surface area contributed by atoms with Crippen LogP contribution in [0.4, 0.5) is 4.79 Å². The highest BCUT2D eigenvalue weighted by Gasteiger charge is 1.89. The summed E-state index contributed by atoms with van der Waals surface area (Å²) in [4.78, 5) is 14.2. The molecule has 68 valence electrons. The zero-order chi connectivity index (χ0) is 9.68. The van der Waals surface area contributed by atoms with Gasteiger partial charge in [0.2, 0.25) is 0 Å². The molecule has 0 bridgehead atoms. The maximum atomic E-state index is 10.2. The van der Waals surface area contributed by atoms with E-state index in [1.165, 1.54) is 6.21 Å². The van der Waals surface area contributed by atoms with Gasteiger partial charge in [-0.3, -0.25) is 4.98 Å². The molecule has 0 spiro atoms. The lowest BCUT2D eigenvalue weighted by Crippen LogP contribution is -2.24. The van der Waals surface area contributed by atoms with Crippen LogP contribution in [0.1, 0.15) is 11.3 Å². The van der Waals surface area contributed by atoms with Gasteiger partial charge >= 0.3 is 6.03 Å². The molecular weight excluding hydrogens is 168 g/mol. The van der Waals surface area contributed by atoms with Crippen molar-refractivity contribution in [2.45, 2.75) is 6.92 Å². The summed E-state index contributed by atoms with van der Waals surface area (Å²) in [5.41, 5.74) is 8.64. The summed E-state index contributed by atoms with van der Waals surface area (Å²) >= 11 is 0. The molecule has 0 saturated heterocycles. The molecule has 0 radical (unpaired) electrons. The summed E-state index contributed by atoms with van der Waals surface area (Å²) < 4.78 is 0. The molecule has 0 aliphatic rings. The zero-order valence-electron chi connectivity index (χ0n) is 7.19. The van der Waals surface area contributed by atoms with Crippen molar-refractivity contribution >= 4 is 12.2 Å². The first-order chi connectivity index (χ1) is 6.18. The van der Waals surface area contributed by atoms with Gasteiger partial charge in [-0.15, -0.1) is 0 Å². The standard InChI is InChI=1S/C8H10N4O/c1-6-2-3-10-7(4-6)5-11-12-8(9)13/h2-5H,1H3,(H3,9,12,13)/b11-5+. The number of aromatic nitrogens is 1. The highest BCUT2D eigenvalue weighted by Crippen LogP contribution is 1.96. The van der Waals surface area contributed by atoms with Crippen LogP contribution in [0.2, 0.25) is 0 Å². The first-order valence-electron chi connectivity index (χ1n) is 3.69. The number of nitrogens with one attached hydrogen (secondary N) is 1. The second kappa shape index (κ2) is 4.20. The van der Waals surface area contributed by atoms with E-state index in [1.54, 1.807) is 6.20 Å². The Morgan fingerprint density at radius 1 is 1.77 bits per heavy atom. The second-order valence-electron chi connectivity index (χ2n) is 2.49. The SMILES string of the molecule is Cc1ccnc(/C=N/NC(N)=O)c1. The predicted molar refractivity (Wildman–Crippen MR) is 49.3 cm³/mol. The van der Waals surface area contributed by atoms with Crippen LogP contribution in [0.3, 0.4) is 0 Å². The topological polar surface area (TPSA) is 80.4 Å². The van der Waals surface area contributed by atoms with E-state index in [0.717, 1.165) is 5.56 Å². The van der Waals surface area contributed by atoms with E-state index >= 15 is 0 Å². The number of hydrogen-bond acceptors (Lipinski definition) is 3. The number of hydrazone groups is 1. The average molecular weight is 178 g/mol. The van der Waals surface area contributed by atoms with Gasteiger partial charge < -0.3 is 5.73 Å². The first kappa shape index (κ1) is 9.18. The average Bonchev–Trinajstić information content (AvgIpc) is 2.03. The molecule has 0 aliphatic carbocycles. The number of amides is 2. The summed E-state index contributed by atoms with van der Waals surface area (Å²) in [5.74, 6) is 0. The van der Waals surface area contributed by atoms with E-state index in [0.29, 0.717) is 5.69 Å². The summed E-state index contributed by atoms with van der Waals surface area (Å²) in [7, 11) is 0. The van der Waals surface area contributed by atoms with Gasteiger partial charge in [-0.2, -0.15) is 5.10 Å². The van der Waals surface area contributed by atoms with Crippen molar-refractivity contribution in [2.24, 2.45) is 10.8 Å². The number of rotatable bonds is 2. The van der Waals surface area contributed by atoms with Gasteiger partial charge in [-0.05, 0) is 24.6 Å². The van der Waals surface area contributed by atoms with Crippen molar-refractivity contribution in [3.8, 4) is 0 Å². The van der Waals surface area contributed by atoms with Gasteiger partial charge in [0.1, 0.15) is 0 Å². The highest BCUT2D eigenvalue weighted by atomic mass is 16.2. The summed E-state index contributed by atoms with van der Waals surface area (Å²) in [6.07, 6.45) is 3.10. The van der Waals surface area contributed by atoms with E-state index in [4.69, 9.17) is 5.73 Å². The molecule has 0 unspecified atom stereocenters. The van der Waals surface area contributed by atoms with Crippen molar-refractivity contribution in [3.63, 3.8) is 0 Å². The molecule has 0 saturated carbocycles. The van der Waals surface area contributed by atoms with Gasteiger partial charge in [0, 0.05) is 6.20 Å². The molecule has 0 atom stereocenters. The normalized spacial score (nSPS) is 10.2. The lowest BCUT2D eigenvalue weighted by atomic mass is 10.2. The number of hydrogen-bond donors (Lipinski definition) is 2. The van der Waals surface area contributed by atoms with Crippen molar-refractivity contribution in [2.75, 3.05) is 0 Å². The summed E-state index contributed by atoms with van der Waals surface area (Å²) in [6.45, 7) is 1.94. The van der Waals surface area contributed by atoms with Gasteiger partial charge in [0.15, 0.2) is 0 Å². The van der Waals surface area contributed by atoms with Gasteiger partial charge in [0.05, 0.1) is 11.9 Å². The molecule has 5 nitrogen and oxygen atoms in total. The van der Waals surface area contributed by atoms with Crippen LogP contribution >= 0.6 is 0 Å². The number of nitrogens with two attached hydrogens (primary N) is 1. The Morgan fingerprint density at radius 3 is 3.15 bits per heavy atom. The zero-order valence-corrected chi connectivity index (χ0v) is 7.19. The lowest BCUT2D eigenvalue weighted by molar-refractivity contribution is 0.249. The Hall–Kier alpha value is -1.91. The number of urea groups is 1. The third kappa shape index (κ3) is 3.33. The van der Waals surface area contributed by atoms with Crippen LogP contribution in [0.25, 0.3) is 0 Å². The number of carbonyl (C=O) groups is 1. The van der Waals surface area contributed by atoms with Crippen molar-refractivity contribution in [3.05, 3.63) is 29.6 Å². The fourth-order valence-corrected chi connectivity index (χ4v) is 0.792. The second-order valence-corrected chi connectivity index (χ2v) is 2.49. The molecule has 5 heteroatoms. The predicted octanol–water partition coefficient (Wildman–Crippen LogP) is 0.392. The first-order valence-corrected chi connectivity index (χ1v) is 3.69. The molecule has 0 aromatic carbocycles. The third-order valence-corrected chi connectivity index (χ3v) is 1.31. The Bertz CT molecular complexity index is 335. The minimum absolute atomic E-state index is 0.675. The van der Waals surface area contributed by atoms with E-state index in [-0.39, 0.29) is 0 Å². The van der Waals surface area contributed by atoms with Crippen LogP contribution in [-0.2, 0) is 0 Å². The molecular formula is C8H10N4O. The molecule has 2 amide bonds. The number of nitrogens with zero attached hydrogens (tertiary/aromatic N) is 2. The minimum Gasteiger partial charge on any atom is -0.350 e. The van der Waals surface area contributed by atoms with E-state index in [1.807, 2.05) is 19.1 Å². The fraction of sp³-hybridized carbons (Fsp3) is 0.125. The van der Waals surface area contributed by atoms with Crippen LogP contribution in [0, 0.1) is 6.92 Å². The molecule has 0 aliphatic heterocycles. The van der Waals surface area contributed by atoms with Gasteiger partial charge in [-0.1, -0.05) is 0 Å². The maximum Gasteiger partial charge on any atom is 0.332 e. The number of primary amides is 1. The summed E-state index contributed by atoms with van der Waals surface area (Å²) in [6, 6.07) is 3.02. The third-order valence-electron chi connectivity index (χ3n) is 1.31. The number of carbonyl (C=O) groups excluding carboxylic acids is 1. The van der Waals surface area contributed by atoms with E-state index < -0.39 is 6.03 Å². The monoisotopic (exact) mass is 178 g/mol. The molecule has 1 aromatic heterocycles. The smallest absolute Gasteiger partial charge is 0.332 e. The van der Waals surface area contributed by atoms with E-state index in [9.17, 15) is 4.79 Å². The van der Waals surface area contributed by atoms with Crippen molar-refractivity contribution in [1.29, 1.82) is 0 Å². The molecule has 1 rings (SSSR count). The van der Waals surface area contributed by atoms with Crippen LogP contribution in [-0.4, -0.2) is 17.2 Å². The molecule has 13 heavy (non-hydrogen) atoms. The van der Waals surface area contributed by atoms with Crippen LogP contribution in [0.15, 0.2) is 23.4 Å². The maximum absolute atomic E-state index is 10.2. The molecule has 0 fully saturated rings. The van der Waals surface area contributed by atoms with Gasteiger partial charge in [-0.25, -0.2) is 10.2 Å². The lowest BCUT2D eigenvalue weighted by Gasteiger charge is -1.94. The minimum atomic E-state index is -0.691. The quantitative estimate of drug-likeness (QED) is 0.507. The van der Waals surface area contributed by atoms with E-state index in [2.05, 4.69) is 15.5 Å². The largest absolute Gasteiger partial charge is 0.350 e. The molecule has 3 N–H and O–H groups in total. The molecule has 1 heterocycles. The van der Waals surface area contributed by atoms with Crippen molar-refractivity contribution < 1.29 is 4.79 Å². The Morgan fingerprint density at radius 2 is 2.54 bits per heavy atom. The fourth-order valence-electron chi connectivity index (χ4n) is 0.792. The molecule has 1 aromatic rings. The van der Waals surface area contributed by atoms with Gasteiger partial charge in [0.25, 0.3) is 0 Å². The Kier molecular flexibility index (Phi) is 2.97. The van der Waals surface area contributed by atoms with Crippen LogP contribution < -0.4 is 11.2 Å². The number of pyridine rings is 1. The van der Waals surface area contributed by atoms with Crippen LogP contribution in [0.5, 0.6) is 0 Å². The highest BCUT2D eigenvalue weighted by molar-refractivity contribution is 5.79. The Balaban J connectivity index is 2.63.